The molecule has 3 heteroatoms. The van der Waals surface area contributed by atoms with Gasteiger partial charge in [0, 0.05) is 10.9 Å². The lowest BCUT2D eigenvalue weighted by atomic mass is 10.1. The number of fused-ring (bicyclic) bond motifs is 1. The van der Waals surface area contributed by atoms with Crippen molar-refractivity contribution in [3.63, 3.8) is 0 Å². The van der Waals surface area contributed by atoms with E-state index in [1.165, 1.54) is 6.07 Å². The van der Waals surface area contributed by atoms with Crippen molar-refractivity contribution in [1.82, 2.24) is 0 Å². The summed E-state index contributed by atoms with van der Waals surface area (Å²) < 4.78 is 18.5. The zero-order valence-electron chi connectivity index (χ0n) is 7.93. The Bertz CT molecular complexity index is 511. The van der Waals surface area contributed by atoms with Crippen molar-refractivity contribution < 1.29 is 13.6 Å². The van der Waals surface area contributed by atoms with Gasteiger partial charge in [-0.05, 0) is 31.5 Å². The van der Waals surface area contributed by atoms with E-state index in [0.29, 0.717) is 17.4 Å². The molecule has 14 heavy (non-hydrogen) atoms. The summed E-state index contributed by atoms with van der Waals surface area (Å²) in [5, 5.41) is 0.797. The third-order valence-corrected chi connectivity index (χ3v) is 2.33. The van der Waals surface area contributed by atoms with Crippen LogP contribution in [0.1, 0.15) is 21.7 Å². The number of carbonyl (C=O) groups excluding carboxylic acids is 1. The molecule has 0 aliphatic rings. The highest BCUT2D eigenvalue weighted by molar-refractivity contribution is 5.89. The van der Waals surface area contributed by atoms with Crippen molar-refractivity contribution >= 4 is 17.3 Å². The Morgan fingerprint density at radius 1 is 1.36 bits per heavy atom. The molecule has 2 aromatic rings. The first-order chi connectivity index (χ1) is 6.63. The molecule has 1 heterocycles. The number of halogens is 1. The Morgan fingerprint density at radius 2 is 2.07 bits per heavy atom. The molecule has 2 rings (SSSR count). The smallest absolute Gasteiger partial charge is 0.185 e. The number of rotatable bonds is 1. The number of hydrogen-bond donors (Lipinski definition) is 0. The highest BCUT2D eigenvalue weighted by Crippen LogP contribution is 2.27. The first-order valence-corrected chi connectivity index (χ1v) is 4.28. The summed E-state index contributed by atoms with van der Waals surface area (Å²) in [5.74, 6) is -0.0707. The highest BCUT2D eigenvalue weighted by Gasteiger charge is 2.11. The van der Waals surface area contributed by atoms with E-state index in [4.69, 9.17) is 4.42 Å². The van der Waals surface area contributed by atoms with Crippen LogP contribution in [0, 0.1) is 19.7 Å². The van der Waals surface area contributed by atoms with E-state index < -0.39 is 0 Å². The lowest BCUT2D eigenvalue weighted by Gasteiger charge is -1.99. The summed E-state index contributed by atoms with van der Waals surface area (Å²) in [6, 6.07) is 3.08. The lowest BCUT2D eigenvalue weighted by molar-refractivity contribution is 0.110. The summed E-state index contributed by atoms with van der Waals surface area (Å²) in [5.41, 5.74) is 1.68. The number of aryl methyl sites for hydroxylation is 2. The van der Waals surface area contributed by atoms with E-state index in [9.17, 15) is 9.18 Å². The van der Waals surface area contributed by atoms with Gasteiger partial charge in [0.1, 0.15) is 11.4 Å². The summed E-state index contributed by atoms with van der Waals surface area (Å²) >= 11 is 0. The van der Waals surface area contributed by atoms with Crippen molar-refractivity contribution in [2.45, 2.75) is 13.8 Å². The van der Waals surface area contributed by atoms with Gasteiger partial charge in [0.15, 0.2) is 12.0 Å². The predicted molar refractivity (Wildman–Crippen MR) is 51.0 cm³/mol. The molecule has 0 amide bonds. The summed E-state index contributed by atoms with van der Waals surface area (Å²) in [6.45, 7) is 3.42. The Labute approximate surface area is 80.3 Å². The molecule has 1 aromatic carbocycles. The van der Waals surface area contributed by atoms with Gasteiger partial charge in [-0.15, -0.1) is 0 Å². The predicted octanol–water partition coefficient (Wildman–Crippen LogP) is 3.00. The topological polar surface area (TPSA) is 30.2 Å². The Morgan fingerprint density at radius 3 is 2.71 bits per heavy atom. The van der Waals surface area contributed by atoms with E-state index >= 15 is 0 Å². The fourth-order valence-corrected chi connectivity index (χ4v) is 1.52. The fourth-order valence-electron chi connectivity index (χ4n) is 1.52. The minimum absolute atomic E-state index is 0.233. The van der Waals surface area contributed by atoms with Crippen LogP contribution in [0.15, 0.2) is 16.5 Å². The second-order valence-electron chi connectivity index (χ2n) is 3.31. The molecule has 0 bridgehead atoms. The number of furan rings is 1. The molecule has 72 valence electrons. The van der Waals surface area contributed by atoms with Crippen LogP contribution >= 0.6 is 0 Å². The van der Waals surface area contributed by atoms with Gasteiger partial charge < -0.3 is 4.42 Å². The van der Waals surface area contributed by atoms with Crippen molar-refractivity contribution in [2.24, 2.45) is 0 Å². The normalized spacial score (nSPS) is 10.8. The van der Waals surface area contributed by atoms with Gasteiger partial charge in [0.05, 0.1) is 0 Å². The minimum Gasteiger partial charge on any atom is -0.453 e. The number of carbonyl (C=O) groups is 1. The van der Waals surface area contributed by atoms with E-state index in [-0.39, 0.29) is 11.6 Å². The number of benzene rings is 1. The zero-order valence-corrected chi connectivity index (χ0v) is 7.93. The maximum Gasteiger partial charge on any atom is 0.185 e. The van der Waals surface area contributed by atoms with Crippen molar-refractivity contribution in [2.75, 3.05) is 0 Å². The van der Waals surface area contributed by atoms with Crippen LogP contribution in [-0.2, 0) is 0 Å². The molecule has 0 aliphatic heterocycles. The van der Waals surface area contributed by atoms with Gasteiger partial charge in [0.25, 0.3) is 0 Å². The Balaban J connectivity index is 2.90. The lowest BCUT2D eigenvalue weighted by Crippen LogP contribution is -1.84. The molecule has 0 radical (unpaired) electrons. The first-order valence-electron chi connectivity index (χ1n) is 4.28. The van der Waals surface area contributed by atoms with Gasteiger partial charge in [-0.1, -0.05) is 0 Å². The molecule has 0 saturated carbocycles. The van der Waals surface area contributed by atoms with Crippen LogP contribution in [0.25, 0.3) is 11.0 Å². The van der Waals surface area contributed by atoms with E-state index in [1.54, 1.807) is 19.9 Å². The molecular formula is C11H9FO2. The van der Waals surface area contributed by atoms with Gasteiger partial charge in [-0.2, -0.15) is 0 Å². The maximum absolute atomic E-state index is 13.3. The molecule has 0 fully saturated rings. The van der Waals surface area contributed by atoms with E-state index in [1.807, 2.05) is 0 Å². The van der Waals surface area contributed by atoms with Crippen LogP contribution in [0.4, 0.5) is 4.39 Å². The average Bonchev–Trinajstić information content (AvgIpc) is 2.58. The van der Waals surface area contributed by atoms with Crippen LogP contribution < -0.4 is 0 Å². The third-order valence-electron chi connectivity index (χ3n) is 2.33. The largest absolute Gasteiger partial charge is 0.453 e. The fraction of sp³-hybridized carbons (Fsp3) is 0.182. The van der Waals surface area contributed by atoms with Gasteiger partial charge in [0.2, 0.25) is 0 Å². The molecular weight excluding hydrogens is 183 g/mol. The zero-order chi connectivity index (χ0) is 10.3. The van der Waals surface area contributed by atoms with Crippen LogP contribution in [0.3, 0.4) is 0 Å². The maximum atomic E-state index is 13.3. The molecule has 2 nitrogen and oxygen atoms in total. The summed E-state index contributed by atoms with van der Waals surface area (Å²) in [4.78, 5) is 10.5. The van der Waals surface area contributed by atoms with Gasteiger partial charge in [-0.25, -0.2) is 4.39 Å². The Hall–Kier alpha value is -1.64. The minimum atomic E-state index is -0.304. The second kappa shape index (κ2) is 2.94. The van der Waals surface area contributed by atoms with Gasteiger partial charge in [-0.3, -0.25) is 4.79 Å². The molecule has 1 aromatic heterocycles. The molecule has 0 atom stereocenters. The first kappa shape index (κ1) is 8.94. The van der Waals surface area contributed by atoms with Crippen LogP contribution in [-0.4, -0.2) is 6.29 Å². The van der Waals surface area contributed by atoms with Crippen LogP contribution in [0.5, 0.6) is 0 Å². The highest BCUT2D eigenvalue weighted by atomic mass is 19.1. The van der Waals surface area contributed by atoms with E-state index in [2.05, 4.69) is 0 Å². The summed E-state index contributed by atoms with van der Waals surface area (Å²) in [6.07, 6.45) is 0.622. The molecule has 0 spiro atoms. The average molecular weight is 192 g/mol. The quantitative estimate of drug-likeness (QED) is 0.650. The Kier molecular flexibility index (Phi) is 1.88. The molecule has 0 saturated heterocycles. The SMILES string of the molecule is Cc1cc(F)c(C)c2oc(C=O)cc12. The standard InChI is InChI=1S/C11H9FO2/c1-6-3-10(12)7(2)11-9(6)4-8(5-13)14-11/h3-5H,1-2H3. The number of aldehydes is 1. The van der Waals surface area contributed by atoms with Crippen LogP contribution in [0.2, 0.25) is 0 Å². The van der Waals surface area contributed by atoms with Crippen molar-refractivity contribution in [3.05, 3.63) is 34.8 Å². The third kappa shape index (κ3) is 1.13. The van der Waals surface area contributed by atoms with E-state index in [0.717, 1.165) is 10.9 Å². The monoisotopic (exact) mass is 192 g/mol. The number of hydrogen-bond acceptors (Lipinski definition) is 2. The molecule has 0 unspecified atom stereocenters. The molecule has 0 N–H and O–H groups in total. The molecule has 0 aliphatic carbocycles. The van der Waals surface area contributed by atoms with Crippen molar-refractivity contribution in [3.8, 4) is 0 Å². The summed E-state index contributed by atoms with van der Waals surface area (Å²) in [7, 11) is 0. The van der Waals surface area contributed by atoms with Crippen molar-refractivity contribution in [1.29, 1.82) is 0 Å². The van der Waals surface area contributed by atoms with Gasteiger partial charge >= 0.3 is 0 Å². The second-order valence-corrected chi connectivity index (χ2v) is 3.31.